The van der Waals surface area contributed by atoms with Crippen molar-refractivity contribution in [2.24, 2.45) is 0 Å². The number of nitriles is 1. The Bertz CT molecular complexity index is 2650. The molecule has 0 radical (unpaired) electrons. The fraction of sp³-hybridized carbons (Fsp3) is 0.340. The molecule has 2 unspecified atom stereocenters. The molecule has 1 aliphatic carbocycles. The molecule has 4 heterocycles. The largest absolute Gasteiger partial charge is 0.440 e. The van der Waals surface area contributed by atoms with E-state index in [1.165, 1.54) is 74.0 Å². The van der Waals surface area contributed by atoms with Crippen LogP contribution in [0.15, 0.2) is 95.4 Å². The Morgan fingerprint density at radius 1 is 0.745 bits per heavy atom. The number of anilines is 5. The van der Waals surface area contributed by atoms with Gasteiger partial charge in [-0.25, -0.2) is 0 Å². The lowest BCUT2D eigenvalue weighted by Gasteiger charge is -2.52. The molecule has 0 saturated heterocycles. The van der Waals surface area contributed by atoms with E-state index in [1.807, 2.05) is 0 Å². The number of hydrogen-bond acceptors (Lipinski definition) is 4. The summed E-state index contributed by atoms with van der Waals surface area (Å²) in [6.45, 7) is 20.8. The van der Waals surface area contributed by atoms with E-state index >= 15 is 0 Å². The quantitative estimate of drug-likeness (QED) is 0.167. The van der Waals surface area contributed by atoms with Crippen LogP contribution in [0.5, 0.6) is 0 Å². The highest BCUT2D eigenvalue weighted by atomic mass is 16.4. The molecule has 1 fully saturated rings. The minimum absolute atomic E-state index is 0.0247. The standard InChI is InChI=1S/C50H50BN3O/c1-30-23-40-44-41(24-30)54-45-37(49(8)21-13-14-22-50(49,54)9)25-31(29-52)26-38(45)51(44)43-35-19-17-34(48(5,6)7)28-42(35)55-46(43)53(40)39-20-18-33(47(2,3)4)27-36(39)32-15-11-10-12-16-32/h10-12,15-20,23-28H,13-14,21-22H2,1-9H3. The van der Waals surface area contributed by atoms with Gasteiger partial charge in [0.05, 0.1) is 22.9 Å². The number of hydrogen-bond donors (Lipinski definition) is 0. The second-order valence-corrected chi connectivity index (χ2v) is 19.3. The second kappa shape index (κ2) is 11.2. The van der Waals surface area contributed by atoms with E-state index in [-0.39, 0.29) is 28.5 Å². The summed E-state index contributed by atoms with van der Waals surface area (Å²) in [4.78, 5) is 5.19. The average molecular weight is 720 g/mol. The summed E-state index contributed by atoms with van der Waals surface area (Å²) in [6, 6.07) is 36.6. The molecule has 0 amide bonds. The smallest absolute Gasteiger partial charge is 0.257 e. The lowest BCUT2D eigenvalue weighted by Crippen LogP contribution is -2.64. The monoisotopic (exact) mass is 719 g/mol. The minimum atomic E-state index is -0.127. The lowest BCUT2D eigenvalue weighted by molar-refractivity contribution is 0.195. The van der Waals surface area contributed by atoms with Crippen molar-refractivity contribution in [1.29, 1.82) is 5.26 Å². The molecule has 55 heavy (non-hydrogen) atoms. The zero-order valence-corrected chi connectivity index (χ0v) is 33.8. The Morgan fingerprint density at radius 3 is 2.16 bits per heavy atom. The van der Waals surface area contributed by atoms with E-state index in [9.17, 15) is 5.26 Å². The van der Waals surface area contributed by atoms with Crippen LogP contribution in [0.3, 0.4) is 0 Å². The fourth-order valence-electron chi connectivity index (χ4n) is 10.8. The molecule has 274 valence electrons. The Balaban J connectivity index is 1.36. The summed E-state index contributed by atoms with van der Waals surface area (Å²) in [5.41, 5.74) is 17.5. The third kappa shape index (κ3) is 4.58. The van der Waals surface area contributed by atoms with E-state index in [2.05, 4.69) is 169 Å². The van der Waals surface area contributed by atoms with Gasteiger partial charge in [0.25, 0.3) is 6.71 Å². The van der Waals surface area contributed by atoms with Crippen LogP contribution in [0.2, 0.25) is 0 Å². The van der Waals surface area contributed by atoms with Gasteiger partial charge < -0.3 is 9.32 Å². The van der Waals surface area contributed by atoms with Gasteiger partial charge in [-0.05, 0) is 119 Å². The van der Waals surface area contributed by atoms with Gasteiger partial charge in [0.1, 0.15) is 5.58 Å². The van der Waals surface area contributed by atoms with Gasteiger partial charge >= 0.3 is 0 Å². The molecule has 6 aromatic rings. The van der Waals surface area contributed by atoms with Crippen molar-refractivity contribution in [1.82, 2.24) is 0 Å². The van der Waals surface area contributed by atoms with Gasteiger partial charge in [0.2, 0.25) is 5.88 Å². The zero-order valence-electron chi connectivity index (χ0n) is 33.8. The Kier molecular flexibility index (Phi) is 6.98. The Morgan fingerprint density at radius 2 is 1.44 bits per heavy atom. The van der Waals surface area contributed by atoms with E-state index in [0.717, 1.165) is 46.6 Å². The molecule has 0 bridgehead atoms. The highest BCUT2D eigenvalue weighted by Crippen LogP contribution is 2.62. The molecule has 2 atom stereocenters. The number of fused-ring (bicyclic) bond motifs is 9. The molecule has 4 nitrogen and oxygen atoms in total. The number of aryl methyl sites for hydroxylation is 1. The molecular weight excluding hydrogens is 669 g/mol. The predicted molar refractivity (Wildman–Crippen MR) is 231 cm³/mol. The van der Waals surface area contributed by atoms with Crippen LogP contribution in [0.25, 0.3) is 22.1 Å². The molecule has 3 aliphatic heterocycles. The van der Waals surface area contributed by atoms with Crippen LogP contribution in [-0.2, 0) is 16.2 Å². The molecule has 4 aliphatic rings. The second-order valence-electron chi connectivity index (χ2n) is 19.3. The fourth-order valence-corrected chi connectivity index (χ4v) is 10.8. The van der Waals surface area contributed by atoms with Crippen LogP contribution in [0.1, 0.15) is 109 Å². The van der Waals surface area contributed by atoms with Crippen molar-refractivity contribution in [3.05, 3.63) is 119 Å². The molecule has 1 aromatic heterocycles. The van der Waals surface area contributed by atoms with Crippen molar-refractivity contribution in [2.45, 2.75) is 110 Å². The number of furan rings is 1. The van der Waals surface area contributed by atoms with E-state index < -0.39 is 0 Å². The summed E-state index contributed by atoms with van der Waals surface area (Å²) in [7, 11) is 0. The number of nitrogens with zero attached hydrogens (tertiary/aromatic N) is 3. The van der Waals surface area contributed by atoms with Gasteiger partial charge in [0, 0.05) is 38.9 Å². The van der Waals surface area contributed by atoms with Crippen LogP contribution in [0, 0.1) is 18.3 Å². The van der Waals surface area contributed by atoms with Gasteiger partial charge in [-0.15, -0.1) is 0 Å². The topological polar surface area (TPSA) is 43.4 Å². The first-order chi connectivity index (χ1) is 26.1. The lowest BCUT2D eigenvalue weighted by atomic mass is 9.33. The predicted octanol–water partition coefficient (Wildman–Crippen LogP) is 11.2. The summed E-state index contributed by atoms with van der Waals surface area (Å²) in [5, 5.41) is 11.8. The van der Waals surface area contributed by atoms with Gasteiger partial charge in [-0.1, -0.05) is 110 Å². The third-order valence-corrected chi connectivity index (χ3v) is 14.0. The molecule has 5 heteroatoms. The average Bonchev–Trinajstić information content (AvgIpc) is 3.62. The number of benzene rings is 5. The number of rotatable bonds is 2. The first kappa shape index (κ1) is 34.3. The molecular formula is C50H50BN3O. The van der Waals surface area contributed by atoms with Crippen molar-refractivity contribution in [2.75, 3.05) is 9.80 Å². The van der Waals surface area contributed by atoms with Crippen molar-refractivity contribution in [3.8, 4) is 17.2 Å². The van der Waals surface area contributed by atoms with E-state index in [4.69, 9.17) is 4.42 Å². The van der Waals surface area contributed by atoms with E-state index in [1.54, 1.807) is 0 Å². The summed E-state index contributed by atoms with van der Waals surface area (Å²) in [6.07, 6.45) is 4.63. The maximum absolute atomic E-state index is 10.6. The molecule has 5 aromatic carbocycles. The highest BCUT2D eigenvalue weighted by Gasteiger charge is 2.62. The Hall–Kier alpha value is -5.21. The molecule has 1 saturated carbocycles. The molecule has 10 rings (SSSR count). The summed E-state index contributed by atoms with van der Waals surface area (Å²) in [5.74, 6) is 0.869. The van der Waals surface area contributed by atoms with Gasteiger partial charge in [-0.2, -0.15) is 5.26 Å². The van der Waals surface area contributed by atoms with Crippen molar-refractivity contribution < 1.29 is 4.42 Å². The maximum atomic E-state index is 10.6. The van der Waals surface area contributed by atoms with Crippen LogP contribution in [0.4, 0.5) is 28.6 Å². The molecule has 0 N–H and O–H groups in total. The maximum Gasteiger partial charge on any atom is 0.257 e. The minimum Gasteiger partial charge on any atom is -0.440 e. The van der Waals surface area contributed by atoms with Crippen LogP contribution in [-0.4, -0.2) is 12.3 Å². The first-order valence-corrected chi connectivity index (χ1v) is 20.2. The molecule has 0 spiro atoms. The van der Waals surface area contributed by atoms with E-state index in [0.29, 0.717) is 0 Å². The SMILES string of the molecule is Cc1cc2c3c(c1)N1c4c(cc(C#N)cc4C4(C)CCCCC14C)B3c1c(oc3cc(C(C)(C)C)ccc13)N2c1ccc(C(C)(C)C)cc1-c1ccccc1. The van der Waals surface area contributed by atoms with Gasteiger partial charge in [-0.3, -0.25) is 4.90 Å². The normalized spacial score (nSPS) is 20.9. The summed E-state index contributed by atoms with van der Waals surface area (Å²) >= 11 is 0. The summed E-state index contributed by atoms with van der Waals surface area (Å²) < 4.78 is 7.30. The van der Waals surface area contributed by atoms with Crippen molar-refractivity contribution in [3.63, 3.8) is 0 Å². The highest BCUT2D eigenvalue weighted by molar-refractivity contribution is 7.01. The third-order valence-electron chi connectivity index (χ3n) is 14.0. The van der Waals surface area contributed by atoms with Gasteiger partial charge in [0.15, 0.2) is 0 Å². The zero-order chi connectivity index (χ0) is 38.4. The Labute approximate surface area is 326 Å². The first-order valence-electron chi connectivity index (χ1n) is 20.2. The van der Waals surface area contributed by atoms with Crippen LogP contribution >= 0.6 is 0 Å². The van der Waals surface area contributed by atoms with Crippen LogP contribution < -0.4 is 26.2 Å². The van der Waals surface area contributed by atoms with Crippen molar-refractivity contribution >= 4 is 62.7 Å².